The lowest BCUT2D eigenvalue weighted by molar-refractivity contribution is 0.0993. The number of halogens is 2. The van der Waals surface area contributed by atoms with E-state index in [-0.39, 0.29) is 28.7 Å². The molecule has 0 spiro atoms. The smallest absolute Gasteiger partial charge is 0.319 e. The maximum absolute atomic E-state index is 12.3. The van der Waals surface area contributed by atoms with Crippen LogP contribution in [0.25, 0.3) is 0 Å². The molecule has 0 heterocycles. The lowest BCUT2D eigenvalue weighted by atomic mass is 10.1. The molecule has 7 nitrogen and oxygen atoms in total. The predicted molar refractivity (Wildman–Crippen MR) is 114 cm³/mol. The molecule has 0 aliphatic heterocycles. The third-order valence-electron chi connectivity index (χ3n) is 3.75. The van der Waals surface area contributed by atoms with Crippen LogP contribution in [-0.2, 0) is 9.84 Å². The number of amides is 2. The number of sulfone groups is 1. The molecule has 0 aliphatic carbocycles. The Hall–Kier alpha value is -1.91. The van der Waals surface area contributed by atoms with Gasteiger partial charge in [0.1, 0.15) is 5.75 Å². The average Bonchev–Trinajstić information content (AvgIpc) is 2.65. The fraction of sp³-hybridized carbons (Fsp3) is 0.222. The van der Waals surface area contributed by atoms with Crippen molar-refractivity contribution in [3.05, 3.63) is 50.9 Å². The number of hydrogen-bond donors (Lipinski definition) is 2. The number of benzene rings is 2. The molecule has 0 bridgehead atoms. The van der Waals surface area contributed by atoms with Crippen molar-refractivity contribution in [1.29, 1.82) is 0 Å². The van der Waals surface area contributed by atoms with Gasteiger partial charge in [0.25, 0.3) is 0 Å². The first-order valence-corrected chi connectivity index (χ1v) is 11.3. The van der Waals surface area contributed by atoms with Crippen molar-refractivity contribution in [2.24, 2.45) is 0 Å². The highest BCUT2D eigenvalue weighted by atomic mass is 79.9. The van der Waals surface area contributed by atoms with Gasteiger partial charge in [-0.1, -0.05) is 38.8 Å². The summed E-state index contributed by atoms with van der Waals surface area (Å²) in [4.78, 5) is 24.5. The molecule has 28 heavy (non-hydrogen) atoms. The van der Waals surface area contributed by atoms with Crippen LogP contribution < -0.4 is 15.4 Å². The summed E-state index contributed by atoms with van der Waals surface area (Å²) in [6.45, 7) is 1.30. The SMILES string of the molecule is CCS(=O)(=O)c1ccc(OC)c(NC(=O)NCC(=O)c2cc(Br)cc(Br)c2)c1. The van der Waals surface area contributed by atoms with Crippen LogP contribution in [0.4, 0.5) is 10.5 Å². The number of methoxy groups -OCH3 is 1. The number of urea groups is 1. The van der Waals surface area contributed by atoms with Crippen LogP contribution in [0, 0.1) is 0 Å². The number of carbonyl (C=O) groups excluding carboxylic acids is 2. The van der Waals surface area contributed by atoms with E-state index in [9.17, 15) is 18.0 Å². The lowest BCUT2D eigenvalue weighted by Gasteiger charge is -2.13. The zero-order valence-electron chi connectivity index (χ0n) is 15.1. The van der Waals surface area contributed by atoms with Crippen molar-refractivity contribution in [3.8, 4) is 5.75 Å². The molecule has 2 amide bonds. The third kappa shape index (κ3) is 5.79. The lowest BCUT2D eigenvalue weighted by Crippen LogP contribution is -2.33. The topological polar surface area (TPSA) is 102 Å². The van der Waals surface area contributed by atoms with E-state index >= 15 is 0 Å². The van der Waals surface area contributed by atoms with Crippen LogP contribution in [0.5, 0.6) is 5.75 Å². The Morgan fingerprint density at radius 2 is 1.71 bits per heavy atom. The van der Waals surface area contributed by atoms with Crippen LogP contribution in [0.2, 0.25) is 0 Å². The number of Topliss-reactive ketones (excluding diaryl/α,β-unsaturated/α-hetero) is 1. The standard InChI is InChI=1S/C18H18Br2N2O5S/c1-3-28(25,26)14-4-5-17(27-2)15(9-14)22-18(24)21-10-16(23)11-6-12(19)8-13(20)7-11/h4-9H,3,10H2,1-2H3,(H2,21,22,24). The van der Waals surface area contributed by atoms with Gasteiger partial charge in [0, 0.05) is 14.5 Å². The molecule has 2 aromatic carbocycles. The number of carbonyl (C=O) groups is 2. The first-order chi connectivity index (χ1) is 13.2. The molecular formula is C18H18Br2N2O5S. The molecular weight excluding hydrogens is 516 g/mol. The summed E-state index contributed by atoms with van der Waals surface area (Å²) in [5.41, 5.74) is 0.613. The molecule has 0 aromatic heterocycles. The van der Waals surface area contributed by atoms with Crippen molar-refractivity contribution in [2.45, 2.75) is 11.8 Å². The minimum atomic E-state index is -3.44. The molecule has 2 N–H and O–H groups in total. The van der Waals surface area contributed by atoms with Crippen LogP contribution in [0.1, 0.15) is 17.3 Å². The number of ether oxygens (including phenoxy) is 1. The Balaban J connectivity index is 2.10. The molecule has 0 saturated carbocycles. The quantitative estimate of drug-likeness (QED) is 0.523. The summed E-state index contributed by atoms with van der Waals surface area (Å²) >= 11 is 6.61. The van der Waals surface area contributed by atoms with Crippen LogP contribution in [0.15, 0.2) is 50.2 Å². The fourth-order valence-corrected chi connectivity index (χ4v) is 4.49. The van der Waals surface area contributed by atoms with E-state index in [1.807, 2.05) is 0 Å². The second-order valence-electron chi connectivity index (χ2n) is 5.65. The maximum atomic E-state index is 12.3. The summed E-state index contributed by atoms with van der Waals surface area (Å²) < 4.78 is 30.7. The molecule has 0 unspecified atom stereocenters. The highest BCUT2D eigenvalue weighted by molar-refractivity contribution is 9.11. The number of rotatable bonds is 7. The van der Waals surface area contributed by atoms with Crippen molar-refractivity contribution in [1.82, 2.24) is 5.32 Å². The zero-order chi connectivity index (χ0) is 20.9. The van der Waals surface area contributed by atoms with Gasteiger partial charge in [-0.05, 0) is 36.4 Å². The van der Waals surface area contributed by atoms with Crippen molar-refractivity contribution < 1.29 is 22.7 Å². The number of hydrogen-bond acceptors (Lipinski definition) is 5. The van der Waals surface area contributed by atoms with Crippen molar-refractivity contribution >= 4 is 59.2 Å². The number of anilines is 1. The second kappa shape index (κ2) is 9.53. The largest absolute Gasteiger partial charge is 0.495 e. The van der Waals surface area contributed by atoms with Gasteiger partial charge in [0.2, 0.25) is 0 Å². The first-order valence-electron chi connectivity index (χ1n) is 8.11. The summed E-state index contributed by atoms with van der Waals surface area (Å²) in [6, 6.07) is 8.62. The van der Waals surface area contributed by atoms with Gasteiger partial charge in [0.05, 0.1) is 30.0 Å². The summed E-state index contributed by atoms with van der Waals surface area (Å²) in [5.74, 6) is -0.0549. The molecule has 0 radical (unpaired) electrons. The van der Waals surface area contributed by atoms with Gasteiger partial charge in [0.15, 0.2) is 15.6 Å². The highest BCUT2D eigenvalue weighted by Gasteiger charge is 2.16. The van der Waals surface area contributed by atoms with Gasteiger partial charge in [-0.25, -0.2) is 13.2 Å². The molecule has 0 fully saturated rings. The Morgan fingerprint density at radius 3 is 2.29 bits per heavy atom. The molecule has 10 heteroatoms. The van der Waals surface area contributed by atoms with Crippen LogP contribution in [0.3, 0.4) is 0 Å². The Labute approximate surface area is 180 Å². The van der Waals surface area contributed by atoms with Gasteiger partial charge >= 0.3 is 6.03 Å². The second-order valence-corrected chi connectivity index (χ2v) is 9.76. The zero-order valence-corrected chi connectivity index (χ0v) is 19.1. The van der Waals surface area contributed by atoms with E-state index in [1.54, 1.807) is 18.2 Å². The Morgan fingerprint density at radius 1 is 1.07 bits per heavy atom. The van der Waals surface area contributed by atoms with E-state index in [1.165, 1.54) is 32.2 Å². The summed E-state index contributed by atoms with van der Waals surface area (Å²) in [7, 11) is -2.04. The van der Waals surface area contributed by atoms with Crippen molar-refractivity contribution in [3.63, 3.8) is 0 Å². The van der Waals surface area contributed by atoms with E-state index in [2.05, 4.69) is 42.5 Å². The van der Waals surface area contributed by atoms with E-state index in [4.69, 9.17) is 4.74 Å². The maximum Gasteiger partial charge on any atom is 0.319 e. The van der Waals surface area contributed by atoms with E-state index in [0.29, 0.717) is 11.3 Å². The van der Waals surface area contributed by atoms with Crippen LogP contribution >= 0.6 is 31.9 Å². The summed E-state index contributed by atoms with van der Waals surface area (Å²) in [6.07, 6.45) is 0. The van der Waals surface area contributed by atoms with E-state index < -0.39 is 15.9 Å². The molecule has 2 rings (SSSR count). The molecule has 2 aromatic rings. The minimum absolute atomic E-state index is 0.0678. The predicted octanol–water partition coefficient (Wildman–Crippen LogP) is 4.02. The minimum Gasteiger partial charge on any atom is -0.495 e. The normalized spacial score (nSPS) is 11.0. The van der Waals surface area contributed by atoms with Gasteiger partial charge in [-0.2, -0.15) is 0 Å². The van der Waals surface area contributed by atoms with Gasteiger partial charge in [-0.15, -0.1) is 0 Å². The number of nitrogens with one attached hydrogen (secondary N) is 2. The fourth-order valence-electron chi connectivity index (χ4n) is 2.29. The van der Waals surface area contributed by atoms with E-state index in [0.717, 1.165) is 8.95 Å². The number of ketones is 1. The third-order valence-corrected chi connectivity index (χ3v) is 6.40. The Bertz CT molecular complexity index is 989. The molecule has 0 aliphatic rings. The van der Waals surface area contributed by atoms with Gasteiger partial charge in [-0.3, -0.25) is 4.79 Å². The Kier molecular flexibility index (Phi) is 7.62. The summed E-state index contributed by atoms with van der Waals surface area (Å²) in [5, 5.41) is 4.97. The monoisotopic (exact) mass is 532 g/mol. The molecule has 0 saturated heterocycles. The van der Waals surface area contributed by atoms with Crippen molar-refractivity contribution in [2.75, 3.05) is 24.7 Å². The van der Waals surface area contributed by atoms with Crippen LogP contribution in [-0.4, -0.2) is 39.6 Å². The molecule has 0 atom stereocenters. The molecule has 150 valence electrons. The average molecular weight is 534 g/mol. The highest BCUT2D eigenvalue weighted by Crippen LogP contribution is 2.28. The first kappa shape index (κ1) is 22.4. The van der Waals surface area contributed by atoms with Gasteiger partial charge < -0.3 is 15.4 Å².